The molecule has 0 aliphatic carbocycles. The Balaban J connectivity index is 2.13. The van der Waals surface area contributed by atoms with E-state index in [9.17, 15) is 18.0 Å². The van der Waals surface area contributed by atoms with Crippen LogP contribution in [-0.4, -0.2) is 74.5 Å². The summed E-state index contributed by atoms with van der Waals surface area (Å²) in [6, 6.07) is 8.09. The molecule has 1 amide bonds. The van der Waals surface area contributed by atoms with Crippen molar-refractivity contribution in [1.82, 2.24) is 9.21 Å². The lowest BCUT2D eigenvalue weighted by Gasteiger charge is -2.34. The van der Waals surface area contributed by atoms with Crippen molar-refractivity contribution in [3.05, 3.63) is 30.3 Å². The first-order valence-electron chi connectivity index (χ1n) is 8.41. The number of carbonyl (C=O) groups excluding carboxylic acids is 1. The molecule has 1 fully saturated rings. The van der Waals surface area contributed by atoms with E-state index in [1.165, 1.54) is 28.4 Å². The van der Waals surface area contributed by atoms with E-state index in [0.717, 1.165) is 0 Å². The number of sulfonamides is 1. The predicted molar refractivity (Wildman–Crippen MR) is 94.0 cm³/mol. The molecule has 8 nitrogen and oxygen atoms in total. The zero-order valence-corrected chi connectivity index (χ0v) is 15.5. The Morgan fingerprint density at radius 3 is 2.62 bits per heavy atom. The van der Waals surface area contributed by atoms with Crippen molar-refractivity contribution in [2.75, 3.05) is 39.9 Å². The molecule has 1 atom stereocenters. The van der Waals surface area contributed by atoms with E-state index in [1.807, 2.05) is 0 Å². The number of aliphatic carboxylic acids is 1. The van der Waals surface area contributed by atoms with Crippen molar-refractivity contribution < 1.29 is 27.9 Å². The number of ether oxygens (including phenoxy) is 1. The van der Waals surface area contributed by atoms with Gasteiger partial charge in [0.1, 0.15) is 6.54 Å². The molecule has 1 aliphatic rings. The first-order chi connectivity index (χ1) is 12.4. The molecular weight excluding hydrogens is 360 g/mol. The molecule has 0 saturated carbocycles. The van der Waals surface area contributed by atoms with Crippen LogP contribution in [0.1, 0.15) is 12.8 Å². The number of methoxy groups -OCH3 is 1. The number of benzene rings is 1. The van der Waals surface area contributed by atoms with Crippen LogP contribution in [0.25, 0.3) is 0 Å². The van der Waals surface area contributed by atoms with E-state index in [2.05, 4.69) is 0 Å². The van der Waals surface area contributed by atoms with E-state index in [-0.39, 0.29) is 30.5 Å². The van der Waals surface area contributed by atoms with Crippen molar-refractivity contribution in [3.63, 3.8) is 0 Å². The minimum absolute atomic E-state index is 0.0547. The molecule has 1 saturated heterocycles. The molecule has 1 aromatic rings. The lowest BCUT2D eigenvalue weighted by atomic mass is 9.98. The van der Waals surface area contributed by atoms with Crippen LogP contribution in [0.3, 0.4) is 0 Å². The summed E-state index contributed by atoms with van der Waals surface area (Å²) in [5.41, 5.74) is 0. The van der Waals surface area contributed by atoms with Gasteiger partial charge in [-0.1, -0.05) is 18.2 Å². The maximum Gasteiger partial charge on any atom is 0.323 e. The highest BCUT2D eigenvalue weighted by Gasteiger charge is 2.35. The fourth-order valence-electron chi connectivity index (χ4n) is 2.99. The Morgan fingerprint density at radius 2 is 2.00 bits per heavy atom. The quantitative estimate of drug-likeness (QED) is 0.706. The molecule has 0 bridgehead atoms. The molecule has 1 aliphatic heterocycles. The Labute approximate surface area is 153 Å². The lowest BCUT2D eigenvalue weighted by Crippen LogP contribution is -2.48. The molecule has 0 spiro atoms. The van der Waals surface area contributed by atoms with Gasteiger partial charge in [0, 0.05) is 26.7 Å². The monoisotopic (exact) mass is 384 g/mol. The fourth-order valence-corrected chi connectivity index (χ4v) is 4.54. The number of hydrogen-bond acceptors (Lipinski definition) is 5. The van der Waals surface area contributed by atoms with Crippen LogP contribution in [-0.2, 0) is 24.3 Å². The highest BCUT2D eigenvalue weighted by atomic mass is 32.2. The van der Waals surface area contributed by atoms with Gasteiger partial charge in [-0.3, -0.25) is 9.59 Å². The molecule has 26 heavy (non-hydrogen) atoms. The van der Waals surface area contributed by atoms with Gasteiger partial charge in [0.05, 0.1) is 17.4 Å². The number of carbonyl (C=O) groups is 2. The average Bonchev–Trinajstić information content (AvgIpc) is 2.65. The number of hydrogen-bond donors (Lipinski definition) is 1. The maximum atomic E-state index is 12.8. The molecule has 2 rings (SSSR count). The second-order valence-corrected chi connectivity index (χ2v) is 8.10. The summed E-state index contributed by atoms with van der Waals surface area (Å²) in [5, 5.41) is 9.02. The topological polar surface area (TPSA) is 104 Å². The summed E-state index contributed by atoms with van der Waals surface area (Å²) in [6.07, 6.45) is 1.08. The minimum atomic E-state index is -3.67. The van der Waals surface area contributed by atoms with E-state index in [1.54, 1.807) is 18.2 Å². The first-order valence-corrected chi connectivity index (χ1v) is 9.85. The van der Waals surface area contributed by atoms with Crippen LogP contribution in [0.4, 0.5) is 0 Å². The van der Waals surface area contributed by atoms with E-state index in [4.69, 9.17) is 9.84 Å². The van der Waals surface area contributed by atoms with Crippen LogP contribution < -0.4 is 0 Å². The average molecular weight is 384 g/mol. The third-order valence-corrected chi connectivity index (χ3v) is 6.20. The van der Waals surface area contributed by atoms with Crippen molar-refractivity contribution in [1.29, 1.82) is 0 Å². The van der Waals surface area contributed by atoms with Gasteiger partial charge >= 0.3 is 5.97 Å². The van der Waals surface area contributed by atoms with Gasteiger partial charge in [-0.25, -0.2) is 8.42 Å². The highest BCUT2D eigenvalue weighted by molar-refractivity contribution is 7.89. The lowest BCUT2D eigenvalue weighted by molar-refractivity contribution is -0.147. The number of piperidine rings is 1. The van der Waals surface area contributed by atoms with Gasteiger partial charge in [-0.15, -0.1) is 0 Å². The summed E-state index contributed by atoms with van der Waals surface area (Å²) >= 11 is 0. The molecular formula is C17H24N2O6S. The van der Waals surface area contributed by atoms with Gasteiger partial charge in [-0.2, -0.15) is 4.31 Å². The molecule has 0 aromatic heterocycles. The number of rotatable bonds is 8. The van der Waals surface area contributed by atoms with E-state index < -0.39 is 28.5 Å². The summed E-state index contributed by atoms with van der Waals surface area (Å²) in [5.74, 6) is -2.02. The van der Waals surface area contributed by atoms with Crippen LogP contribution in [0.2, 0.25) is 0 Å². The Bertz CT molecular complexity index is 722. The van der Waals surface area contributed by atoms with Crippen molar-refractivity contribution in [2.45, 2.75) is 17.7 Å². The normalized spacial score (nSPS) is 18.4. The third kappa shape index (κ3) is 5.03. The molecule has 0 radical (unpaired) electrons. The summed E-state index contributed by atoms with van der Waals surface area (Å²) in [6.45, 7) is 0.350. The minimum Gasteiger partial charge on any atom is -0.480 e. The van der Waals surface area contributed by atoms with Crippen LogP contribution in [0, 0.1) is 5.92 Å². The van der Waals surface area contributed by atoms with Gasteiger partial charge in [0.15, 0.2) is 0 Å². The van der Waals surface area contributed by atoms with Crippen LogP contribution in [0.15, 0.2) is 35.2 Å². The zero-order valence-electron chi connectivity index (χ0n) is 14.7. The molecule has 1 unspecified atom stereocenters. The Morgan fingerprint density at radius 1 is 1.31 bits per heavy atom. The number of carboxylic acids is 1. The zero-order chi connectivity index (χ0) is 19.2. The number of carboxylic acid groups (broad SMARTS) is 1. The molecule has 1 aromatic carbocycles. The van der Waals surface area contributed by atoms with Crippen LogP contribution >= 0.6 is 0 Å². The predicted octanol–water partition coefficient (Wildman–Crippen LogP) is 0.647. The van der Waals surface area contributed by atoms with E-state index >= 15 is 0 Å². The van der Waals surface area contributed by atoms with Gasteiger partial charge in [0.2, 0.25) is 15.9 Å². The van der Waals surface area contributed by atoms with E-state index in [0.29, 0.717) is 19.4 Å². The summed E-state index contributed by atoms with van der Waals surface area (Å²) in [7, 11) is -2.20. The largest absolute Gasteiger partial charge is 0.480 e. The molecule has 9 heteroatoms. The second-order valence-electron chi connectivity index (χ2n) is 6.16. The van der Waals surface area contributed by atoms with Crippen LogP contribution in [0.5, 0.6) is 0 Å². The smallest absolute Gasteiger partial charge is 0.323 e. The molecule has 1 N–H and O–H groups in total. The van der Waals surface area contributed by atoms with Crippen molar-refractivity contribution in [3.8, 4) is 0 Å². The maximum absolute atomic E-state index is 12.8. The first kappa shape index (κ1) is 20.3. The van der Waals surface area contributed by atoms with Gasteiger partial charge in [0.25, 0.3) is 0 Å². The Hall–Kier alpha value is -1.97. The van der Waals surface area contributed by atoms with Gasteiger partial charge in [-0.05, 0) is 25.0 Å². The van der Waals surface area contributed by atoms with Crippen molar-refractivity contribution in [2.24, 2.45) is 5.92 Å². The Kier molecular flexibility index (Phi) is 7.13. The van der Waals surface area contributed by atoms with Crippen molar-refractivity contribution >= 4 is 21.9 Å². The highest BCUT2D eigenvalue weighted by Crippen LogP contribution is 2.25. The third-order valence-electron chi connectivity index (χ3n) is 4.32. The standard InChI is InChI=1S/C17H24N2O6S/c1-25-11-10-18(13-16(20)21)17(22)14-6-5-9-19(12-14)26(23,24)15-7-3-2-4-8-15/h2-4,7-8,14H,5-6,9-13H2,1H3,(H,20,21). The molecule has 1 heterocycles. The second kappa shape index (κ2) is 9.11. The summed E-state index contributed by atoms with van der Waals surface area (Å²) < 4.78 is 31.8. The summed E-state index contributed by atoms with van der Waals surface area (Å²) in [4.78, 5) is 25.2. The number of nitrogens with zero attached hydrogens (tertiary/aromatic N) is 2. The SMILES string of the molecule is COCCN(CC(=O)O)C(=O)C1CCCN(S(=O)(=O)c2ccccc2)C1. The fraction of sp³-hybridized carbons (Fsp3) is 0.529. The number of amides is 1. The molecule has 144 valence electrons. The van der Waals surface area contributed by atoms with Gasteiger partial charge < -0.3 is 14.7 Å².